The van der Waals surface area contributed by atoms with Gasteiger partial charge in [-0.05, 0) is 130 Å². The molecule has 3 aliphatic carbocycles. The van der Waals surface area contributed by atoms with Crippen LogP contribution in [0.1, 0.15) is 112 Å². The minimum atomic E-state index is -0.103. The van der Waals surface area contributed by atoms with Crippen molar-refractivity contribution in [1.82, 2.24) is 0 Å². The molecule has 3 aliphatic rings. The van der Waals surface area contributed by atoms with Crippen LogP contribution in [-0.4, -0.2) is 11.2 Å². The van der Waals surface area contributed by atoms with E-state index in [-0.39, 0.29) is 11.2 Å². The van der Waals surface area contributed by atoms with E-state index in [4.69, 9.17) is 9.47 Å². The van der Waals surface area contributed by atoms with Crippen LogP contribution in [0.4, 0.5) is 0 Å². The summed E-state index contributed by atoms with van der Waals surface area (Å²) < 4.78 is 13.8. The van der Waals surface area contributed by atoms with E-state index in [1.807, 2.05) is 0 Å². The van der Waals surface area contributed by atoms with E-state index in [9.17, 15) is 0 Å². The molecule has 0 heterocycles. The zero-order valence-electron chi connectivity index (χ0n) is 26.3. The molecular weight excluding hydrogens is 488 g/mol. The van der Waals surface area contributed by atoms with Crippen LogP contribution in [-0.2, 0) is 0 Å². The molecule has 0 aliphatic heterocycles. The first-order valence-electron chi connectivity index (χ1n) is 16.6. The molecule has 0 saturated heterocycles. The van der Waals surface area contributed by atoms with Crippen molar-refractivity contribution < 1.29 is 9.47 Å². The Morgan fingerprint density at radius 1 is 0.575 bits per heavy atom. The summed E-state index contributed by atoms with van der Waals surface area (Å²) in [5.41, 5.74) is 0.160. The van der Waals surface area contributed by atoms with Crippen LogP contribution in [0.15, 0.2) is 60.7 Å². The lowest BCUT2D eigenvalue weighted by Gasteiger charge is -2.61. The van der Waals surface area contributed by atoms with Gasteiger partial charge in [-0.25, -0.2) is 0 Å². The standard InChI is InChI=1S/C38H56O2/c1-28(2)32-20-24-36(5,39-30-16-10-7-11-17-30)26-34(32)38(22-14-9-15-23-38)35-27-37(6,25-21-33(35)29(3)4)40-31-18-12-8-13-19-31/h7-8,10-13,16-19,28-29,32-35H,9,14-15,20-27H2,1-6H3. The normalized spacial score (nSPS) is 34.5. The first kappa shape index (κ1) is 29.5. The van der Waals surface area contributed by atoms with Gasteiger partial charge in [0.05, 0.1) is 0 Å². The smallest absolute Gasteiger partial charge is 0.120 e. The molecule has 6 unspecified atom stereocenters. The van der Waals surface area contributed by atoms with Crippen molar-refractivity contribution in [3.05, 3.63) is 60.7 Å². The Bertz CT molecular complexity index is 976. The summed E-state index contributed by atoms with van der Waals surface area (Å²) in [5.74, 6) is 6.40. The lowest BCUT2D eigenvalue weighted by Crippen LogP contribution is -2.56. The predicted molar refractivity (Wildman–Crippen MR) is 168 cm³/mol. The Balaban J connectivity index is 1.52. The van der Waals surface area contributed by atoms with Gasteiger partial charge in [0.2, 0.25) is 0 Å². The number of ether oxygens (including phenoxy) is 2. The highest BCUT2D eigenvalue weighted by molar-refractivity contribution is 5.23. The lowest BCUT2D eigenvalue weighted by atomic mass is 9.45. The second-order valence-corrected chi connectivity index (χ2v) is 15.0. The van der Waals surface area contributed by atoms with Crippen molar-refractivity contribution >= 4 is 0 Å². The van der Waals surface area contributed by atoms with Crippen molar-refractivity contribution in [2.75, 3.05) is 0 Å². The van der Waals surface area contributed by atoms with Crippen molar-refractivity contribution in [2.24, 2.45) is 40.9 Å². The average molecular weight is 545 g/mol. The van der Waals surface area contributed by atoms with Gasteiger partial charge >= 0.3 is 0 Å². The molecule has 0 amide bonds. The molecule has 220 valence electrons. The first-order valence-corrected chi connectivity index (χ1v) is 16.6. The van der Waals surface area contributed by atoms with Gasteiger partial charge in [-0.1, -0.05) is 83.4 Å². The van der Waals surface area contributed by atoms with E-state index >= 15 is 0 Å². The van der Waals surface area contributed by atoms with Crippen LogP contribution in [0.2, 0.25) is 0 Å². The third kappa shape index (κ3) is 6.27. The third-order valence-electron chi connectivity index (χ3n) is 11.5. The maximum Gasteiger partial charge on any atom is 0.120 e. The Morgan fingerprint density at radius 3 is 1.35 bits per heavy atom. The van der Waals surface area contributed by atoms with Gasteiger partial charge in [-0.2, -0.15) is 0 Å². The summed E-state index contributed by atoms with van der Waals surface area (Å²) in [6.45, 7) is 14.8. The van der Waals surface area contributed by atoms with Crippen molar-refractivity contribution in [2.45, 2.75) is 123 Å². The highest BCUT2D eigenvalue weighted by atomic mass is 16.5. The number of benzene rings is 2. The number of hydrogen-bond donors (Lipinski definition) is 0. The summed E-state index contributed by atoms with van der Waals surface area (Å²) in [6, 6.07) is 21.2. The molecule has 3 fully saturated rings. The molecule has 5 rings (SSSR count). The molecule has 40 heavy (non-hydrogen) atoms. The SMILES string of the molecule is CC(C)C1CCC(C)(Oc2ccccc2)CC1C1(C2CC(C)(Oc3ccccc3)CCC2C(C)C)CCCCC1. The fraction of sp³-hybridized carbons (Fsp3) is 0.684. The number of rotatable bonds is 8. The van der Waals surface area contributed by atoms with E-state index in [0.717, 1.165) is 36.2 Å². The molecule has 0 N–H and O–H groups in total. The average Bonchev–Trinajstić information content (AvgIpc) is 2.93. The van der Waals surface area contributed by atoms with Gasteiger partial charge in [0.15, 0.2) is 0 Å². The van der Waals surface area contributed by atoms with Crippen molar-refractivity contribution in [1.29, 1.82) is 0 Å². The molecule has 2 heteroatoms. The molecular formula is C38H56O2. The molecule has 2 aromatic rings. The molecule has 0 bridgehead atoms. The molecule has 3 saturated carbocycles. The second kappa shape index (κ2) is 12.1. The topological polar surface area (TPSA) is 18.5 Å². The Morgan fingerprint density at radius 2 is 0.975 bits per heavy atom. The minimum Gasteiger partial charge on any atom is -0.488 e. The fourth-order valence-electron chi connectivity index (χ4n) is 9.60. The van der Waals surface area contributed by atoms with Gasteiger partial charge in [0.25, 0.3) is 0 Å². The lowest BCUT2D eigenvalue weighted by molar-refractivity contribution is -0.139. The van der Waals surface area contributed by atoms with Crippen molar-refractivity contribution in [3.63, 3.8) is 0 Å². The molecule has 0 radical (unpaired) electrons. The second-order valence-electron chi connectivity index (χ2n) is 15.0. The Hall–Kier alpha value is -1.96. The van der Waals surface area contributed by atoms with Crippen LogP contribution < -0.4 is 9.47 Å². The highest BCUT2D eigenvalue weighted by Gasteiger charge is 2.57. The van der Waals surface area contributed by atoms with E-state index in [0.29, 0.717) is 29.1 Å². The van der Waals surface area contributed by atoms with E-state index in [1.165, 1.54) is 57.8 Å². The Kier molecular flexibility index (Phi) is 8.94. The Labute approximate surface area is 245 Å². The van der Waals surface area contributed by atoms with Gasteiger partial charge in [0, 0.05) is 0 Å². The van der Waals surface area contributed by atoms with Crippen LogP contribution in [0.5, 0.6) is 11.5 Å². The van der Waals surface area contributed by atoms with Crippen LogP contribution >= 0.6 is 0 Å². The number of para-hydroxylation sites is 2. The van der Waals surface area contributed by atoms with E-state index < -0.39 is 0 Å². The van der Waals surface area contributed by atoms with E-state index in [1.54, 1.807) is 0 Å². The molecule has 0 spiro atoms. The maximum absolute atomic E-state index is 6.89. The summed E-state index contributed by atoms with van der Waals surface area (Å²) in [4.78, 5) is 0. The summed E-state index contributed by atoms with van der Waals surface area (Å²) in [6.07, 6.45) is 14.2. The summed E-state index contributed by atoms with van der Waals surface area (Å²) >= 11 is 0. The van der Waals surface area contributed by atoms with Gasteiger partial charge in [0.1, 0.15) is 22.7 Å². The minimum absolute atomic E-state index is 0.103. The largest absolute Gasteiger partial charge is 0.488 e. The van der Waals surface area contributed by atoms with Gasteiger partial charge < -0.3 is 9.47 Å². The monoisotopic (exact) mass is 544 g/mol. The molecule has 2 aromatic carbocycles. The summed E-state index contributed by atoms with van der Waals surface area (Å²) in [7, 11) is 0. The van der Waals surface area contributed by atoms with Crippen LogP contribution in [0, 0.1) is 40.9 Å². The number of hydrogen-bond acceptors (Lipinski definition) is 2. The van der Waals surface area contributed by atoms with Crippen LogP contribution in [0.3, 0.4) is 0 Å². The zero-order chi connectivity index (χ0) is 28.4. The molecule has 0 aromatic heterocycles. The third-order valence-corrected chi connectivity index (χ3v) is 11.5. The molecule has 2 nitrogen and oxygen atoms in total. The quantitative estimate of drug-likeness (QED) is 0.329. The maximum atomic E-state index is 6.89. The van der Waals surface area contributed by atoms with Crippen molar-refractivity contribution in [3.8, 4) is 11.5 Å². The highest BCUT2D eigenvalue weighted by Crippen LogP contribution is 2.63. The molecule has 6 atom stereocenters. The van der Waals surface area contributed by atoms with Gasteiger partial charge in [-0.3, -0.25) is 0 Å². The van der Waals surface area contributed by atoms with E-state index in [2.05, 4.69) is 102 Å². The van der Waals surface area contributed by atoms with Crippen LogP contribution in [0.25, 0.3) is 0 Å². The predicted octanol–water partition coefficient (Wildman–Crippen LogP) is 10.8. The van der Waals surface area contributed by atoms with Gasteiger partial charge in [-0.15, -0.1) is 0 Å². The first-order chi connectivity index (χ1) is 19.1. The summed E-state index contributed by atoms with van der Waals surface area (Å²) in [5, 5.41) is 0. The zero-order valence-corrected chi connectivity index (χ0v) is 26.3. The fourth-order valence-corrected chi connectivity index (χ4v) is 9.60.